The van der Waals surface area contributed by atoms with Crippen molar-refractivity contribution in [1.82, 2.24) is 4.98 Å². The lowest BCUT2D eigenvalue weighted by Gasteiger charge is -2.28. The summed E-state index contributed by atoms with van der Waals surface area (Å²) in [4.78, 5) is 7.01. The summed E-state index contributed by atoms with van der Waals surface area (Å²) in [7, 11) is 0. The van der Waals surface area contributed by atoms with Gasteiger partial charge in [-0.25, -0.2) is 4.98 Å². The van der Waals surface area contributed by atoms with Gasteiger partial charge in [-0.1, -0.05) is 0 Å². The van der Waals surface area contributed by atoms with Crippen molar-refractivity contribution in [2.45, 2.75) is 46.3 Å². The standard InChI is InChI=1S/C15H25N3O/c1-4-18(10-13-6-5-7-19-13)15-14(9-16)11(2)8-12(3)17-15/h8,13H,4-7,9-10,16H2,1-3H3. The van der Waals surface area contributed by atoms with Crippen LogP contribution in [0.3, 0.4) is 0 Å². The Morgan fingerprint density at radius 1 is 1.47 bits per heavy atom. The molecule has 0 spiro atoms. The van der Waals surface area contributed by atoms with Crippen LogP contribution in [-0.2, 0) is 11.3 Å². The third-order valence-corrected chi connectivity index (χ3v) is 3.79. The van der Waals surface area contributed by atoms with E-state index in [1.54, 1.807) is 0 Å². The zero-order valence-corrected chi connectivity index (χ0v) is 12.3. The first kappa shape index (κ1) is 14.3. The number of nitrogens with two attached hydrogens (primary N) is 1. The van der Waals surface area contributed by atoms with Crippen LogP contribution in [0.2, 0.25) is 0 Å². The van der Waals surface area contributed by atoms with Gasteiger partial charge in [0.05, 0.1) is 6.10 Å². The molecule has 0 radical (unpaired) electrons. The molecule has 1 aliphatic heterocycles. The van der Waals surface area contributed by atoms with Crippen molar-refractivity contribution < 1.29 is 4.74 Å². The van der Waals surface area contributed by atoms with Crippen molar-refractivity contribution in [1.29, 1.82) is 0 Å². The minimum atomic E-state index is 0.341. The maximum atomic E-state index is 5.90. The predicted octanol–water partition coefficient (Wildman–Crippen LogP) is 2.16. The molecule has 1 unspecified atom stereocenters. The Bertz CT molecular complexity index is 428. The molecule has 2 N–H and O–H groups in total. The van der Waals surface area contributed by atoms with Gasteiger partial charge >= 0.3 is 0 Å². The lowest BCUT2D eigenvalue weighted by Crippen LogP contribution is -2.34. The van der Waals surface area contributed by atoms with Crippen molar-refractivity contribution in [2.75, 3.05) is 24.6 Å². The van der Waals surface area contributed by atoms with E-state index in [4.69, 9.17) is 15.5 Å². The number of rotatable bonds is 5. The average molecular weight is 263 g/mol. The fourth-order valence-corrected chi connectivity index (χ4v) is 2.76. The summed E-state index contributed by atoms with van der Waals surface area (Å²) in [5.74, 6) is 1.04. The van der Waals surface area contributed by atoms with E-state index in [1.807, 2.05) is 6.92 Å². The molecular weight excluding hydrogens is 238 g/mol. The van der Waals surface area contributed by atoms with Crippen LogP contribution in [0.15, 0.2) is 6.07 Å². The second-order valence-electron chi connectivity index (χ2n) is 5.26. The van der Waals surface area contributed by atoms with E-state index in [1.165, 1.54) is 12.0 Å². The molecule has 1 aromatic heterocycles. The Hall–Kier alpha value is -1.13. The lowest BCUT2D eigenvalue weighted by atomic mass is 10.1. The fourth-order valence-electron chi connectivity index (χ4n) is 2.76. The Kier molecular flexibility index (Phi) is 4.77. The van der Waals surface area contributed by atoms with Crippen LogP contribution >= 0.6 is 0 Å². The van der Waals surface area contributed by atoms with Gasteiger partial charge in [-0.15, -0.1) is 0 Å². The van der Waals surface area contributed by atoms with Gasteiger partial charge in [-0.2, -0.15) is 0 Å². The topological polar surface area (TPSA) is 51.4 Å². The Morgan fingerprint density at radius 3 is 2.84 bits per heavy atom. The molecule has 1 saturated heterocycles. The summed E-state index contributed by atoms with van der Waals surface area (Å²) < 4.78 is 5.74. The minimum Gasteiger partial charge on any atom is -0.376 e. The van der Waals surface area contributed by atoms with Gasteiger partial charge in [0, 0.05) is 37.5 Å². The van der Waals surface area contributed by atoms with Gasteiger partial charge < -0.3 is 15.4 Å². The molecule has 4 heteroatoms. The van der Waals surface area contributed by atoms with Crippen LogP contribution in [0.4, 0.5) is 5.82 Å². The fraction of sp³-hybridized carbons (Fsp3) is 0.667. The minimum absolute atomic E-state index is 0.341. The molecule has 106 valence electrons. The first-order valence-corrected chi connectivity index (χ1v) is 7.19. The lowest BCUT2D eigenvalue weighted by molar-refractivity contribution is 0.115. The Morgan fingerprint density at radius 2 is 2.26 bits per heavy atom. The summed E-state index contributed by atoms with van der Waals surface area (Å²) in [5, 5.41) is 0. The molecule has 1 aliphatic rings. The van der Waals surface area contributed by atoms with E-state index in [0.717, 1.165) is 43.2 Å². The highest BCUT2D eigenvalue weighted by molar-refractivity contribution is 5.51. The number of aromatic nitrogens is 1. The van der Waals surface area contributed by atoms with E-state index in [0.29, 0.717) is 12.6 Å². The van der Waals surface area contributed by atoms with E-state index >= 15 is 0 Å². The SMILES string of the molecule is CCN(CC1CCCO1)c1nc(C)cc(C)c1CN. The Balaban J connectivity index is 2.25. The second-order valence-corrected chi connectivity index (χ2v) is 5.26. The monoisotopic (exact) mass is 263 g/mol. The summed E-state index contributed by atoms with van der Waals surface area (Å²) in [5.41, 5.74) is 9.35. The molecule has 2 rings (SSSR count). The molecule has 19 heavy (non-hydrogen) atoms. The summed E-state index contributed by atoms with van der Waals surface area (Å²) in [6.07, 6.45) is 2.67. The number of hydrogen-bond acceptors (Lipinski definition) is 4. The normalized spacial score (nSPS) is 18.8. The summed E-state index contributed by atoms with van der Waals surface area (Å²) in [6.45, 7) is 9.59. The van der Waals surface area contributed by atoms with E-state index < -0.39 is 0 Å². The maximum Gasteiger partial charge on any atom is 0.133 e. The van der Waals surface area contributed by atoms with Crippen molar-refractivity contribution in [3.8, 4) is 0 Å². The maximum absolute atomic E-state index is 5.90. The van der Waals surface area contributed by atoms with E-state index in [2.05, 4.69) is 24.8 Å². The molecule has 1 atom stereocenters. The van der Waals surface area contributed by atoms with Crippen molar-refractivity contribution in [2.24, 2.45) is 5.73 Å². The smallest absolute Gasteiger partial charge is 0.133 e. The van der Waals surface area contributed by atoms with Crippen molar-refractivity contribution in [3.63, 3.8) is 0 Å². The largest absolute Gasteiger partial charge is 0.376 e. The first-order valence-electron chi connectivity index (χ1n) is 7.19. The van der Waals surface area contributed by atoms with Gasteiger partial charge in [-0.05, 0) is 45.2 Å². The zero-order chi connectivity index (χ0) is 13.8. The molecule has 0 bridgehead atoms. The number of anilines is 1. The molecule has 1 fully saturated rings. The number of nitrogens with zero attached hydrogens (tertiary/aromatic N) is 2. The van der Waals surface area contributed by atoms with E-state index in [9.17, 15) is 0 Å². The van der Waals surface area contributed by atoms with Gasteiger partial charge in [0.1, 0.15) is 5.82 Å². The quantitative estimate of drug-likeness (QED) is 0.884. The van der Waals surface area contributed by atoms with Crippen molar-refractivity contribution in [3.05, 3.63) is 22.9 Å². The van der Waals surface area contributed by atoms with E-state index in [-0.39, 0.29) is 0 Å². The number of ether oxygens (including phenoxy) is 1. The number of aryl methyl sites for hydroxylation is 2. The molecule has 2 heterocycles. The highest BCUT2D eigenvalue weighted by Crippen LogP contribution is 2.24. The van der Waals surface area contributed by atoms with Gasteiger partial charge in [0.2, 0.25) is 0 Å². The van der Waals surface area contributed by atoms with Crippen LogP contribution < -0.4 is 10.6 Å². The molecule has 0 amide bonds. The molecule has 0 saturated carbocycles. The Labute approximate surface area is 116 Å². The summed E-state index contributed by atoms with van der Waals surface area (Å²) in [6, 6.07) is 2.10. The number of likely N-dealkylation sites (N-methyl/N-ethyl adjacent to an activating group) is 1. The predicted molar refractivity (Wildman–Crippen MR) is 78.5 cm³/mol. The molecule has 4 nitrogen and oxygen atoms in total. The third-order valence-electron chi connectivity index (χ3n) is 3.79. The number of pyridine rings is 1. The van der Waals surface area contributed by atoms with Crippen LogP contribution in [0.5, 0.6) is 0 Å². The first-order chi connectivity index (χ1) is 9.15. The zero-order valence-electron chi connectivity index (χ0n) is 12.3. The molecule has 0 aliphatic carbocycles. The second kappa shape index (κ2) is 6.35. The van der Waals surface area contributed by atoms with Crippen molar-refractivity contribution >= 4 is 5.82 Å². The van der Waals surface area contributed by atoms with Crippen LogP contribution in [0.25, 0.3) is 0 Å². The molecule has 0 aromatic carbocycles. The van der Waals surface area contributed by atoms with Crippen LogP contribution in [0.1, 0.15) is 36.6 Å². The van der Waals surface area contributed by atoms with Crippen LogP contribution in [-0.4, -0.2) is 30.8 Å². The highest BCUT2D eigenvalue weighted by atomic mass is 16.5. The third kappa shape index (κ3) is 3.25. The van der Waals surface area contributed by atoms with Gasteiger partial charge in [-0.3, -0.25) is 0 Å². The molecular formula is C15H25N3O. The summed E-state index contributed by atoms with van der Waals surface area (Å²) >= 11 is 0. The van der Waals surface area contributed by atoms with Crippen LogP contribution in [0, 0.1) is 13.8 Å². The average Bonchev–Trinajstić information content (AvgIpc) is 2.88. The molecule has 1 aromatic rings. The number of hydrogen-bond donors (Lipinski definition) is 1. The highest BCUT2D eigenvalue weighted by Gasteiger charge is 2.21. The van der Waals surface area contributed by atoms with Gasteiger partial charge in [0.25, 0.3) is 0 Å². The van der Waals surface area contributed by atoms with Gasteiger partial charge in [0.15, 0.2) is 0 Å².